The van der Waals surface area contributed by atoms with Gasteiger partial charge in [-0.15, -0.1) is 13.2 Å². The number of nitrogens with one attached hydrogen (secondary N) is 6. The lowest BCUT2D eigenvalue weighted by molar-refractivity contribution is -0.275. The van der Waals surface area contributed by atoms with E-state index in [2.05, 4.69) is 96.4 Å². The smallest absolute Gasteiger partial charge is 0.496 e. The molecule has 18 rings (SSSR count). The molecule has 33 heteroatoms. The largest absolute Gasteiger partial charge is 0.573 e. The molecule has 9 fully saturated rings. The second-order valence-corrected chi connectivity index (χ2v) is 43.4. The number of ether oxygens (including phenoxy) is 3. The fourth-order valence-electron chi connectivity index (χ4n) is 23.2. The number of aryl methyl sites for hydroxylation is 3. The van der Waals surface area contributed by atoms with Gasteiger partial charge in [-0.2, -0.15) is 0 Å². The van der Waals surface area contributed by atoms with Crippen molar-refractivity contribution >= 4 is 87.0 Å². The molecule has 9 saturated heterocycles. The Morgan fingerprint density at radius 3 is 1.08 bits per heavy atom. The zero-order chi connectivity index (χ0) is 106. The molecule has 3 aromatic heterocycles. The van der Waals surface area contributed by atoms with Crippen LogP contribution in [0.3, 0.4) is 0 Å². The van der Waals surface area contributed by atoms with Crippen LogP contribution in [0.15, 0.2) is 148 Å². The molecule has 802 valence electrons. The van der Waals surface area contributed by atoms with Gasteiger partial charge in [-0.1, -0.05) is 49.4 Å². The molecule has 9 aromatic rings. The molecule has 6 N–H and O–H groups in total. The Morgan fingerprint density at radius 1 is 0.387 bits per heavy atom. The molecule has 6 aromatic carbocycles. The molecular formula is C117H146ClF4N15O13. The standard InChI is InChI=1S/C39H50ClN5O4.C39H46F3N5O5.C39H50FN5O4/c1-25-26(2)39(48)43(3)23-32(25)29-21-34(40)33(36(22-29)49-4)24-44-17-13-27(14-18-44)5-6-28-15-19-45(20-16-28)31-9-7-30(8-10-31)41-35-11-12-37(46)42-38(35)47;1-24-25(2)38(51)45(3)22-32(24)28-4-5-29(35(21-28)52-39(40,41)42)20-26-12-16-46(17-13-26)23-34(48)27-14-18-47(19-15-27)31-8-6-30(7-9-31)43-33-10-11-36(49)44-37(33)50;1-25-26(2)39(48)43(3)23-32(25)29-21-34(40)33(36(22-29)49-4)24-44-17-13-27(14-18-44)5-6-28-15-19-45(20-16-28)31-9-7-30(8-10-31)41-35-11-12-37(46)42-38(35)47/h7-10,21-23,27-28,35,41H,5-6,11-20,24H2,1-4H3,(H,42,46,47);4-9,21-22,26-27,33,43H,10-20,23H2,1-3H3,(H,44,49,50);7-10,21-23,27-28,35,41H,5-6,11-20,24H2,1-4H3,(H,42,46,47). The molecule has 9 aliphatic heterocycles. The number of ketones is 1. The number of carbonyl (C=O) groups is 7. The number of hydrogen-bond acceptors (Lipinski definition) is 22. The summed E-state index contributed by atoms with van der Waals surface area (Å²) < 4.78 is 76.8. The number of benzene rings is 6. The van der Waals surface area contributed by atoms with Gasteiger partial charge in [-0.3, -0.25) is 78.6 Å². The van der Waals surface area contributed by atoms with Crippen molar-refractivity contribution in [2.24, 2.45) is 56.7 Å². The minimum atomic E-state index is -4.84. The predicted octanol–water partition coefficient (Wildman–Crippen LogP) is 17.9. The van der Waals surface area contributed by atoms with E-state index in [0.29, 0.717) is 127 Å². The molecular weight excluding hydrogens is 1930 g/mol. The van der Waals surface area contributed by atoms with E-state index >= 15 is 4.39 Å². The predicted molar refractivity (Wildman–Crippen MR) is 580 cm³/mol. The lowest BCUT2D eigenvalue weighted by Crippen LogP contribution is -2.47. The normalized spacial score (nSPS) is 19.5. The quantitative estimate of drug-likeness (QED) is 0.0180. The first-order chi connectivity index (χ1) is 71.9. The van der Waals surface area contributed by atoms with Crippen molar-refractivity contribution in [1.29, 1.82) is 0 Å². The molecule has 0 bridgehead atoms. The molecule has 3 atom stereocenters. The van der Waals surface area contributed by atoms with Gasteiger partial charge in [0.2, 0.25) is 35.4 Å². The topological polar surface area (TPSA) is 305 Å². The highest BCUT2D eigenvalue weighted by Crippen LogP contribution is 2.43. The fraction of sp³-hybridized carbons (Fsp3) is 0.504. The lowest BCUT2D eigenvalue weighted by Gasteiger charge is -2.36. The van der Waals surface area contributed by atoms with Crippen LogP contribution in [0.5, 0.6) is 17.2 Å². The molecule has 0 spiro atoms. The molecule has 12 heterocycles. The van der Waals surface area contributed by atoms with E-state index in [9.17, 15) is 61.1 Å². The van der Waals surface area contributed by atoms with Gasteiger partial charge < -0.3 is 58.6 Å². The van der Waals surface area contributed by atoms with E-state index in [0.717, 1.165) is 201 Å². The van der Waals surface area contributed by atoms with Crippen LogP contribution in [0.1, 0.15) is 191 Å². The summed E-state index contributed by atoms with van der Waals surface area (Å²) in [4.78, 5) is 135. The third-order valence-corrected chi connectivity index (χ3v) is 33.5. The highest BCUT2D eigenvalue weighted by Gasteiger charge is 2.38. The minimum absolute atomic E-state index is 0.0116. The third-order valence-electron chi connectivity index (χ3n) is 33.1. The number of imide groups is 3. The molecule has 6 amide bonds. The first-order valence-corrected chi connectivity index (χ1v) is 54.0. The Morgan fingerprint density at radius 2 is 0.713 bits per heavy atom. The molecule has 150 heavy (non-hydrogen) atoms. The van der Waals surface area contributed by atoms with Crippen molar-refractivity contribution < 1.29 is 65.3 Å². The van der Waals surface area contributed by atoms with E-state index in [1.54, 1.807) is 88.9 Å². The van der Waals surface area contributed by atoms with Crippen molar-refractivity contribution in [3.8, 4) is 50.6 Å². The number of rotatable bonds is 30. The zero-order valence-electron chi connectivity index (χ0n) is 88.5. The number of aromatic nitrogens is 3. The van der Waals surface area contributed by atoms with E-state index in [1.807, 2.05) is 94.6 Å². The Balaban J connectivity index is 0.000000160. The summed E-state index contributed by atoms with van der Waals surface area (Å²) in [5.74, 6) is 2.80. The van der Waals surface area contributed by atoms with Crippen LogP contribution in [-0.4, -0.2) is 193 Å². The van der Waals surface area contributed by atoms with Crippen LogP contribution in [0.2, 0.25) is 5.02 Å². The van der Waals surface area contributed by atoms with Crippen LogP contribution in [0, 0.1) is 82.9 Å². The van der Waals surface area contributed by atoms with E-state index in [4.69, 9.17) is 21.1 Å². The number of methoxy groups -OCH3 is 2. The van der Waals surface area contributed by atoms with Gasteiger partial charge in [-0.25, -0.2) is 4.39 Å². The Kier molecular flexibility index (Phi) is 36.4. The van der Waals surface area contributed by atoms with Gasteiger partial charge in [0.25, 0.3) is 16.7 Å². The molecule has 0 saturated carbocycles. The number of amides is 6. The maximum absolute atomic E-state index is 15.6. The van der Waals surface area contributed by atoms with Crippen molar-refractivity contribution in [2.45, 2.75) is 227 Å². The molecule has 28 nitrogen and oxygen atoms in total. The van der Waals surface area contributed by atoms with Gasteiger partial charge >= 0.3 is 6.36 Å². The van der Waals surface area contributed by atoms with Crippen LogP contribution >= 0.6 is 11.6 Å². The van der Waals surface area contributed by atoms with Crippen LogP contribution in [-0.2, 0) is 74.2 Å². The average Bonchev–Trinajstić information content (AvgIpc) is 0.783. The molecule has 0 radical (unpaired) electrons. The number of halogens is 5. The van der Waals surface area contributed by atoms with Crippen molar-refractivity contribution in [3.05, 3.63) is 226 Å². The monoisotopic (exact) mass is 2080 g/mol. The number of carbonyl (C=O) groups excluding carboxylic acids is 7. The Labute approximate surface area is 881 Å². The van der Waals surface area contributed by atoms with Crippen molar-refractivity contribution in [3.63, 3.8) is 0 Å². The highest BCUT2D eigenvalue weighted by atomic mass is 35.5. The van der Waals surface area contributed by atoms with Gasteiger partial charge in [-0.05, 0) is 355 Å². The maximum Gasteiger partial charge on any atom is 0.573 e. The summed E-state index contributed by atoms with van der Waals surface area (Å²) in [5, 5.41) is 17.6. The number of hydrogen-bond donors (Lipinski definition) is 6. The SMILES string of the molecule is COc1cc(-c2cn(C)c(=O)c(C)c2C)cc(Cl)c1CN1CCC(CCC2CCN(c3ccc(NC4CCC(=O)NC4=O)cc3)CC2)CC1.COc1cc(-c2cn(C)c(=O)c(C)c2C)cc(F)c1CN1CCC(CCC2CCN(c3ccc(NC4CCC(=O)NC4=O)cc3)CC2)CC1.Cc1c(-c2ccc(CC3CCN(CC(=O)C4CCN(c5ccc(NC6CCC(=O)NC6=O)cc5)CC4)CC3)c(OC(F)(F)F)c2)cn(C)c(=O)c1C. The number of alkyl halides is 3. The second kappa shape index (κ2) is 49.6. The lowest BCUT2D eigenvalue weighted by atomic mass is 9.85. The highest BCUT2D eigenvalue weighted by molar-refractivity contribution is 6.32. The first kappa shape index (κ1) is 110. The number of Topliss-reactive ketones (excluding diaryl/α,β-unsaturated/α-hetero) is 1. The summed E-state index contributed by atoms with van der Waals surface area (Å²) in [6.07, 6.45) is 21.2. The van der Waals surface area contributed by atoms with Gasteiger partial charge in [0.1, 0.15) is 47.0 Å². The summed E-state index contributed by atoms with van der Waals surface area (Å²) in [7, 11) is 8.43. The van der Waals surface area contributed by atoms with Crippen molar-refractivity contribution in [2.75, 3.05) is 130 Å². The Hall–Kier alpha value is -12.7. The number of piperidine rings is 9. The fourth-order valence-corrected chi connectivity index (χ4v) is 23.5. The number of likely N-dealkylation sites (tertiary alicyclic amines) is 3. The molecule has 0 aliphatic carbocycles. The number of nitrogens with zero attached hydrogens (tertiary/aromatic N) is 9. The summed E-state index contributed by atoms with van der Waals surface area (Å²) in [6, 6.07) is 35.8. The summed E-state index contributed by atoms with van der Waals surface area (Å²) in [6.45, 7) is 24.0. The first-order valence-electron chi connectivity index (χ1n) is 53.6. The Bertz CT molecular complexity index is 6290. The van der Waals surface area contributed by atoms with E-state index in [1.165, 1.54) is 86.2 Å². The summed E-state index contributed by atoms with van der Waals surface area (Å²) >= 11 is 6.91. The maximum atomic E-state index is 15.6. The van der Waals surface area contributed by atoms with Crippen LogP contribution in [0.25, 0.3) is 33.4 Å². The van der Waals surface area contributed by atoms with Gasteiger partial charge in [0.05, 0.1) is 20.8 Å². The number of anilines is 6. The van der Waals surface area contributed by atoms with Crippen LogP contribution < -0.4 is 77.5 Å². The second-order valence-electron chi connectivity index (χ2n) is 43.0. The van der Waals surface area contributed by atoms with E-state index < -0.39 is 12.4 Å². The number of pyridine rings is 3. The minimum Gasteiger partial charge on any atom is -0.496 e. The summed E-state index contributed by atoms with van der Waals surface area (Å²) in [5.41, 5.74) is 17.3. The molecule has 9 aliphatic rings. The average molecular weight is 2080 g/mol. The zero-order valence-corrected chi connectivity index (χ0v) is 89.2. The van der Waals surface area contributed by atoms with Gasteiger partial charge in [0.15, 0.2) is 0 Å². The van der Waals surface area contributed by atoms with Crippen LogP contribution in [0.4, 0.5) is 51.7 Å². The molecule has 3 unspecified atom stereocenters. The van der Waals surface area contributed by atoms with E-state index in [-0.39, 0.29) is 93.4 Å². The van der Waals surface area contributed by atoms with Crippen molar-refractivity contribution in [1.82, 2.24) is 44.4 Å². The van der Waals surface area contributed by atoms with Gasteiger partial charge in [0, 0.05) is 201 Å². The third kappa shape index (κ3) is 27.8.